The first-order valence-corrected chi connectivity index (χ1v) is 6.99. The van der Waals surface area contributed by atoms with Crippen molar-refractivity contribution in [3.05, 3.63) is 29.5 Å². The van der Waals surface area contributed by atoms with Gasteiger partial charge in [-0.05, 0) is 12.1 Å². The quantitative estimate of drug-likeness (QED) is 0.798. The summed E-state index contributed by atoms with van der Waals surface area (Å²) in [6.45, 7) is 0.363. The number of methoxy groups -OCH3 is 1. The van der Waals surface area contributed by atoms with Crippen LogP contribution in [0.15, 0.2) is 28.2 Å². The lowest BCUT2D eigenvalue weighted by Gasteiger charge is -2.10. The Hall–Kier alpha value is -1.70. The van der Waals surface area contributed by atoms with Gasteiger partial charge in [-0.25, -0.2) is 4.98 Å². The van der Waals surface area contributed by atoms with Crippen molar-refractivity contribution in [3.8, 4) is 10.8 Å². The van der Waals surface area contributed by atoms with Crippen molar-refractivity contribution in [1.29, 1.82) is 0 Å². The number of hydrogen-bond donors (Lipinski definition) is 2. The SMILES string of the molecule is COCC(O)CNC(=O)Cc1csc(-c2ccco2)n1. The van der Waals surface area contributed by atoms with Gasteiger partial charge in [-0.3, -0.25) is 4.79 Å². The number of furan rings is 1. The Bertz CT molecular complexity index is 538. The van der Waals surface area contributed by atoms with E-state index in [9.17, 15) is 9.90 Å². The number of aromatic nitrogens is 1. The number of ether oxygens (including phenoxy) is 1. The van der Waals surface area contributed by atoms with Crippen LogP contribution in [0, 0.1) is 0 Å². The molecule has 0 saturated heterocycles. The molecular formula is C13H16N2O4S. The van der Waals surface area contributed by atoms with Gasteiger partial charge in [-0.2, -0.15) is 0 Å². The first-order valence-electron chi connectivity index (χ1n) is 6.11. The molecule has 0 radical (unpaired) electrons. The monoisotopic (exact) mass is 296 g/mol. The number of nitrogens with zero attached hydrogens (tertiary/aromatic N) is 1. The Kier molecular flexibility index (Phi) is 5.28. The van der Waals surface area contributed by atoms with Crippen molar-refractivity contribution in [2.24, 2.45) is 0 Å². The Morgan fingerprint density at radius 2 is 2.50 bits per heavy atom. The summed E-state index contributed by atoms with van der Waals surface area (Å²) in [7, 11) is 1.50. The fourth-order valence-corrected chi connectivity index (χ4v) is 2.40. The minimum absolute atomic E-state index is 0.169. The van der Waals surface area contributed by atoms with Crippen LogP contribution in [0.4, 0.5) is 0 Å². The van der Waals surface area contributed by atoms with Crippen molar-refractivity contribution in [2.75, 3.05) is 20.3 Å². The van der Waals surface area contributed by atoms with E-state index in [4.69, 9.17) is 9.15 Å². The third-order valence-electron chi connectivity index (χ3n) is 2.52. The van der Waals surface area contributed by atoms with Crippen LogP contribution in [-0.2, 0) is 16.0 Å². The average Bonchev–Trinajstić information content (AvgIpc) is 3.07. The Balaban J connectivity index is 1.83. The first kappa shape index (κ1) is 14.7. The molecule has 20 heavy (non-hydrogen) atoms. The standard InChI is InChI=1S/C13H16N2O4S/c1-18-7-10(16)6-14-12(17)5-9-8-20-13(15-9)11-3-2-4-19-11/h2-4,8,10,16H,5-7H2,1H3,(H,14,17). The lowest BCUT2D eigenvalue weighted by Crippen LogP contribution is -2.35. The van der Waals surface area contributed by atoms with Gasteiger partial charge in [0.05, 0.1) is 31.1 Å². The molecule has 1 atom stereocenters. The molecule has 0 aliphatic rings. The molecule has 2 heterocycles. The molecule has 1 unspecified atom stereocenters. The van der Waals surface area contributed by atoms with E-state index in [2.05, 4.69) is 10.3 Å². The Morgan fingerprint density at radius 1 is 1.65 bits per heavy atom. The number of thiazole rings is 1. The molecule has 0 saturated carbocycles. The van der Waals surface area contributed by atoms with Crippen molar-refractivity contribution in [2.45, 2.75) is 12.5 Å². The predicted molar refractivity (Wildman–Crippen MR) is 74.4 cm³/mol. The summed E-state index contributed by atoms with van der Waals surface area (Å²) < 4.78 is 10.0. The first-order chi connectivity index (χ1) is 9.69. The fourth-order valence-electron chi connectivity index (χ4n) is 1.61. The summed E-state index contributed by atoms with van der Waals surface area (Å²) >= 11 is 1.43. The maximum absolute atomic E-state index is 11.7. The third kappa shape index (κ3) is 4.16. The van der Waals surface area contributed by atoms with Crippen LogP contribution in [0.3, 0.4) is 0 Å². The van der Waals surface area contributed by atoms with Gasteiger partial charge in [-0.15, -0.1) is 11.3 Å². The van der Waals surface area contributed by atoms with E-state index in [0.717, 1.165) is 5.01 Å². The van der Waals surface area contributed by atoms with Crippen LogP contribution in [0.5, 0.6) is 0 Å². The largest absolute Gasteiger partial charge is 0.462 e. The summed E-state index contributed by atoms with van der Waals surface area (Å²) in [4.78, 5) is 16.0. The second kappa shape index (κ2) is 7.18. The second-order valence-corrected chi connectivity index (χ2v) is 5.07. The van der Waals surface area contributed by atoms with Gasteiger partial charge < -0.3 is 19.6 Å². The highest BCUT2D eigenvalue weighted by molar-refractivity contribution is 7.13. The van der Waals surface area contributed by atoms with E-state index >= 15 is 0 Å². The normalized spacial score (nSPS) is 12.3. The molecule has 0 aliphatic carbocycles. The highest BCUT2D eigenvalue weighted by Gasteiger charge is 2.11. The number of carbonyl (C=O) groups excluding carboxylic acids is 1. The zero-order valence-electron chi connectivity index (χ0n) is 11.0. The van der Waals surface area contributed by atoms with E-state index < -0.39 is 6.10 Å². The summed E-state index contributed by atoms with van der Waals surface area (Å²) in [5.41, 5.74) is 0.681. The summed E-state index contributed by atoms with van der Waals surface area (Å²) in [6.07, 6.45) is 1.06. The van der Waals surface area contributed by atoms with Gasteiger partial charge in [0.15, 0.2) is 10.8 Å². The molecule has 0 bridgehead atoms. The lowest BCUT2D eigenvalue weighted by atomic mass is 10.3. The molecule has 6 nitrogen and oxygen atoms in total. The Labute approximate surface area is 120 Å². The number of rotatable bonds is 7. The number of nitrogens with one attached hydrogen (secondary N) is 1. The molecule has 1 amide bonds. The maximum Gasteiger partial charge on any atom is 0.226 e. The minimum Gasteiger partial charge on any atom is -0.462 e. The number of amides is 1. The molecule has 108 valence electrons. The van der Waals surface area contributed by atoms with E-state index in [1.54, 1.807) is 12.3 Å². The van der Waals surface area contributed by atoms with Gasteiger partial charge in [0.2, 0.25) is 5.91 Å². The molecule has 0 spiro atoms. The summed E-state index contributed by atoms with van der Waals surface area (Å²) in [5, 5.41) is 14.6. The van der Waals surface area contributed by atoms with E-state index in [0.29, 0.717) is 11.5 Å². The van der Waals surface area contributed by atoms with E-state index in [1.807, 2.05) is 11.4 Å². The molecule has 7 heteroatoms. The van der Waals surface area contributed by atoms with Crippen molar-refractivity contribution in [1.82, 2.24) is 10.3 Å². The molecular weight excluding hydrogens is 280 g/mol. The van der Waals surface area contributed by atoms with Gasteiger partial charge in [0.25, 0.3) is 0 Å². The molecule has 2 aromatic rings. The van der Waals surface area contributed by atoms with Crippen LogP contribution in [0.2, 0.25) is 0 Å². The number of carbonyl (C=O) groups is 1. The predicted octanol–water partition coefficient (Wildman–Crippen LogP) is 1.07. The molecule has 2 rings (SSSR count). The van der Waals surface area contributed by atoms with Crippen LogP contribution in [0.1, 0.15) is 5.69 Å². The van der Waals surface area contributed by atoms with Gasteiger partial charge >= 0.3 is 0 Å². The zero-order valence-corrected chi connectivity index (χ0v) is 11.9. The fraction of sp³-hybridized carbons (Fsp3) is 0.385. The van der Waals surface area contributed by atoms with Crippen LogP contribution < -0.4 is 5.32 Å². The number of aliphatic hydroxyl groups is 1. The lowest BCUT2D eigenvalue weighted by molar-refractivity contribution is -0.121. The molecule has 0 aromatic carbocycles. The molecule has 2 N–H and O–H groups in total. The second-order valence-electron chi connectivity index (χ2n) is 4.21. The smallest absolute Gasteiger partial charge is 0.226 e. The summed E-state index contributed by atoms with van der Waals surface area (Å²) in [6, 6.07) is 3.62. The number of aliphatic hydroxyl groups excluding tert-OH is 1. The number of hydrogen-bond acceptors (Lipinski definition) is 6. The topological polar surface area (TPSA) is 84.6 Å². The Morgan fingerprint density at radius 3 is 3.20 bits per heavy atom. The third-order valence-corrected chi connectivity index (χ3v) is 3.42. The maximum atomic E-state index is 11.7. The van der Waals surface area contributed by atoms with Crippen molar-refractivity contribution < 1.29 is 19.1 Å². The van der Waals surface area contributed by atoms with E-state index in [1.165, 1.54) is 18.4 Å². The average molecular weight is 296 g/mol. The van der Waals surface area contributed by atoms with Crippen LogP contribution in [-0.4, -0.2) is 42.4 Å². The highest BCUT2D eigenvalue weighted by Crippen LogP contribution is 2.23. The van der Waals surface area contributed by atoms with Crippen LogP contribution >= 0.6 is 11.3 Å². The van der Waals surface area contributed by atoms with Crippen molar-refractivity contribution in [3.63, 3.8) is 0 Å². The molecule has 0 aliphatic heterocycles. The van der Waals surface area contributed by atoms with Gasteiger partial charge in [-0.1, -0.05) is 0 Å². The van der Waals surface area contributed by atoms with Gasteiger partial charge in [0.1, 0.15) is 0 Å². The summed E-state index contributed by atoms with van der Waals surface area (Å²) in [5.74, 6) is 0.508. The van der Waals surface area contributed by atoms with E-state index in [-0.39, 0.29) is 25.5 Å². The van der Waals surface area contributed by atoms with Crippen LogP contribution in [0.25, 0.3) is 10.8 Å². The molecule has 2 aromatic heterocycles. The van der Waals surface area contributed by atoms with Crippen molar-refractivity contribution >= 4 is 17.2 Å². The zero-order chi connectivity index (χ0) is 14.4. The highest BCUT2D eigenvalue weighted by atomic mass is 32.1. The minimum atomic E-state index is -0.696. The van der Waals surface area contributed by atoms with Gasteiger partial charge in [0, 0.05) is 19.0 Å². The molecule has 0 fully saturated rings.